The maximum atomic E-state index is 13.3. The molecule has 0 saturated carbocycles. The number of aromatic nitrogens is 2. The predicted molar refractivity (Wildman–Crippen MR) is 114 cm³/mol. The molecule has 0 amide bonds. The SMILES string of the molecule is C[C@H](Nc1nc(CN2CCOCC2)nc2sc3c(c12)CCC3)c1ccc(F)cc1. The van der Waals surface area contributed by atoms with E-state index in [0.29, 0.717) is 0 Å². The lowest BCUT2D eigenvalue weighted by Gasteiger charge is -2.26. The van der Waals surface area contributed by atoms with E-state index >= 15 is 0 Å². The number of anilines is 1. The van der Waals surface area contributed by atoms with E-state index in [2.05, 4.69) is 17.1 Å². The molecule has 0 spiro atoms. The maximum Gasteiger partial charge on any atom is 0.146 e. The van der Waals surface area contributed by atoms with Gasteiger partial charge in [-0.15, -0.1) is 11.3 Å². The van der Waals surface area contributed by atoms with Crippen LogP contribution < -0.4 is 5.32 Å². The van der Waals surface area contributed by atoms with E-state index in [1.807, 2.05) is 23.5 Å². The zero-order chi connectivity index (χ0) is 19.8. The van der Waals surface area contributed by atoms with Gasteiger partial charge in [-0.1, -0.05) is 12.1 Å². The summed E-state index contributed by atoms with van der Waals surface area (Å²) in [5.41, 5.74) is 2.46. The van der Waals surface area contributed by atoms with Gasteiger partial charge in [-0.2, -0.15) is 0 Å². The van der Waals surface area contributed by atoms with Crippen molar-refractivity contribution in [1.29, 1.82) is 0 Å². The highest BCUT2D eigenvalue weighted by Crippen LogP contribution is 2.40. The average molecular weight is 413 g/mol. The molecule has 152 valence electrons. The van der Waals surface area contributed by atoms with Gasteiger partial charge in [0.15, 0.2) is 0 Å². The molecule has 1 aromatic carbocycles. The van der Waals surface area contributed by atoms with Crippen LogP contribution in [-0.4, -0.2) is 41.2 Å². The molecular formula is C22H25FN4OS. The van der Waals surface area contributed by atoms with Gasteiger partial charge in [-0.05, 0) is 49.4 Å². The van der Waals surface area contributed by atoms with Gasteiger partial charge in [-0.3, -0.25) is 4.90 Å². The number of nitrogens with zero attached hydrogens (tertiary/aromatic N) is 3. The second kappa shape index (κ2) is 7.97. The van der Waals surface area contributed by atoms with Crippen LogP contribution in [0.2, 0.25) is 0 Å². The molecule has 2 aromatic heterocycles. The largest absolute Gasteiger partial charge is 0.379 e. The number of benzene rings is 1. The van der Waals surface area contributed by atoms with Crippen molar-refractivity contribution in [2.24, 2.45) is 0 Å². The van der Waals surface area contributed by atoms with Gasteiger partial charge >= 0.3 is 0 Å². The number of thiophene rings is 1. The Balaban J connectivity index is 1.49. The first-order valence-electron chi connectivity index (χ1n) is 10.3. The van der Waals surface area contributed by atoms with E-state index in [-0.39, 0.29) is 11.9 Å². The second-order valence-corrected chi connectivity index (χ2v) is 8.92. The lowest BCUT2D eigenvalue weighted by molar-refractivity contribution is 0.0331. The minimum Gasteiger partial charge on any atom is -0.379 e. The van der Waals surface area contributed by atoms with Gasteiger partial charge in [-0.25, -0.2) is 14.4 Å². The minimum atomic E-state index is -0.214. The zero-order valence-electron chi connectivity index (χ0n) is 16.6. The number of rotatable bonds is 5. The molecule has 7 heteroatoms. The van der Waals surface area contributed by atoms with Crippen LogP contribution >= 0.6 is 11.3 Å². The summed E-state index contributed by atoms with van der Waals surface area (Å²) in [4.78, 5) is 14.8. The fraction of sp³-hybridized carbons (Fsp3) is 0.455. The lowest BCUT2D eigenvalue weighted by Crippen LogP contribution is -2.36. The fourth-order valence-electron chi connectivity index (χ4n) is 4.21. The third-order valence-electron chi connectivity index (χ3n) is 5.80. The van der Waals surface area contributed by atoms with Crippen LogP contribution in [0, 0.1) is 5.82 Å². The molecule has 1 atom stereocenters. The number of halogens is 1. The summed E-state index contributed by atoms with van der Waals surface area (Å²) in [6, 6.07) is 6.71. The van der Waals surface area contributed by atoms with E-state index in [1.165, 1.54) is 34.4 Å². The molecule has 5 nitrogen and oxygen atoms in total. The van der Waals surface area contributed by atoms with Gasteiger partial charge < -0.3 is 10.1 Å². The summed E-state index contributed by atoms with van der Waals surface area (Å²) >= 11 is 1.82. The summed E-state index contributed by atoms with van der Waals surface area (Å²) in [5.74, 6) is 1.55. The summed E-state index contributed by atoms with van der Waals surface area (Å²) < 4.78 is 18.8. The summed E-state index contributed by atoms with van der Waals surface area (Å²) in [7, 11) is 0. The first kappa shape index (κ1) is 18.9. The van der Waals surface area contributed by atoms with Crippen molar-refractivity contribution in [2.75, 3.05) is 31.6 Å². The number of ether oxygens (including phenoxy) is 1. The molecule has 1 saturated heterocycles. The van der Waals surface area contributed by atoms with Crippen LogP contribution in [-0.2, 0) is 24.1 Å². The van der Waals surface area contributed by atoms with Crippen LogP contribution in [0.15, 0.2) is 24.3 Å². The van der Waals surface area contributed by atoms with Crippen molar-refractivity contribution in [3.8, 4) is 0 Å². The van der Waals surface area contributed by atoms with Crippen LogP contribution in [0.4, 0.5) is 10.2 Å². The average Bonchev–Trinajstić information content (AvgIpc) is 3.30. The molecule has 3 heterocycles. The second-order valence-electron chi connectivity index (χ2n) is 7.83. The monoisotopic (exact) mass is 412 g/mol. The first-order chi connectivity index (χ1) is 14.2. The Morgan fingerprint density at radius 2 is 1.97 bits per heavy atom. The molecule has 0 unspecified atom stereocenters. The number of hydrogen-bond donors (Lipinski definition) is 1. The molecule has 1 N–H and O–H groups in total. The number of hydrogen-bond acceptors (Lipinski definition) is 6. The topological polar surface area (TPSA) is 50.3 Å². The minimum absolute atomic E-state index is 0.0295. The van der Waals surface area contributed by atoms with Crippen LogP contribution in [0.1, 0.15) is 41.2 Å². The highest BCUT2D eigenvalue weighted by Gasteiger charge is 2.24. The van der Waals surface area contributed by atoms with Crippen molar-refractivity contribution in [3.63, 3.8) is 0 Å². The molecule has 0 bridgehead atoms. The molecule has 5 rings (SSSR count). The highest BCUT2D eigenvalue weighted by molar-refractivity contribution is 7.19. The van der Waals surface area contributed by atoms with Gasteiger partial charge in [0.2, 0.25) is 0 Å². The zero-order valence-corrected chi connectivity index (χ0v) is 17.4. The molecule has 2 aliphatic rings. The molecular weight excluding hydrogens is 387 g/mol. The van der Waals surface area contributed by atoms with Crippen molar-refractivity contribution in [3.05, 3.63) is 51.9 Å². The lowest BCUT2D eigenvalue weighted by atomic mass is 10.1. The number of aryl methyl sites for hydroxylation is 2. The third-order valence-corrected chi connectivity index (χ3v) is 6.99. The first-order valence-corrected chi connectivity index (χ1v) is 11.1. The van der Waals surface area contributed by atoms with Crippen molar-refractivity contribution >= 4 is 27.4 Å². The van der Waals surface area contributed by atoms with Gasteiger partial charge in [0.25, 0.3) is 0 Å². The highest BCUT2D eigenvalue weighted by atomic mass is 32.1. The van der Waals surface area contributed by atoms with Gasteiger partial charge in [0, 0.05) is 24.0 Å². The normalized spacial score (nSPS) is 18.1. The number of fused-ring (bicyclic) bond motifs is 3. The van der Waals surface area contributed by atoms with Gasteiger partial charge in [0.1, 0.15) is 22.3 Å². The Bertz CT molecular complexity index is 1010. The molecule has 0 radical (unpaired) electrons. The van der Waals surface area contributed by atoms with E-state index in [4.69, 9.17) is 14.7 Å². The number of morpholine rings is 1. The van der Waals surface area contributed by atoms with Crippen LogP contribution in [0.5, 0.6) is 0 Å². The van der Waals surface area contributed by atoms with Crippen LogP contribution in [0.25, 0.3) is 10.2 Å². The summed E-state index contributed by atoms with van der Waals surface area (Å²) in [6.07, 6.45) is 3.45. The van der Waals surface area contributed by atoms with Crippen molar-refractivity contribution < 1.29 is 9.13 Å². The van der Waals surface area contributed by atoms with E-state index in [0.717, 1.165) is 67.7 Å². The van der Waals surface area contributed by atoms with Crippen molar-refractivity contribution in [2.45, 2.75) is 38.8 Å². The Hall–Kier alpha value is -2.09. The maximum absolute atomic E-state index is 13.3. The van der Waals surface area contributed by atoms with E-state index in [9.17, 15) is 4.39 Å². The van der Waals surface area contributed by atoms with Gasteiger partial charge in [0.05, 0.1) is 25.1 Å². The Morgan fingerprint density at radius 1 is 1.17 bits per heavy atom. The summed E-state index contributed by atoms with van der Waals surface area (Å²) in [5, 5.41) is 4.79. The molecule has 1 fully saturated rings. The number of nitrogens with one attached hydrogen (secondary N) is 1. The Morgan fingerprint density at radius 3 is 2.76 bits per heavy atom. The van der Waals surface area contributed by atoms with E-state index in [1.54, 1.807) is 0 Å². The standard InChI is InChI=1S/C22H25FN4OS/c1-14(15-5-7-16(23)8-6-15)24-21-20-17-3-2-4-18(17)29-22(20)26-19(25-21)13-27-9-11-28-12-10-27/h5-8,14H,2-4,9-13H2,1H3,(H,24,25,26)/t14-/m0/s1. The fourth-order valence-corrected chi connectivity index (χ4v) is 5.49. The van der Waals surface area contributed by atoms with Crippen LogP contribution in [0.3, 0.4) is 0 Å². The molecule has 1 aliphatic carbocycles. The van der Waals surface area contributed by atoms with Crippen molar-refractivity contribution in [1.82, 2.24) is 14.9 Å². The van der Waals surface area contributed by atoms with E-state index < -0.39 is 0 Å². The smallest absolute Gasteiger partial charge is 0.146 e. The quantitative estimate of drug-likeness (QED) is 0.676. The molecule has 29 heavy (non-hydrogen) atoms. The molecule has 1 aliphatic heterocycles. The summed E-state index contributed by atoms with van der Waals surface area (Å²) in [6.45, 7) is 6.19. The Kier molecular flexibility index (Phi) is 5.20. The molecule has 3 aromatic rings. The predicted octanol–water partition coefficient (Wildman–Crippen LogP) is 4.32. The third kappa shape index (κ3) is 3.86. The Labute approximate surface area is 173 Å².